The van der Waals surface area contributed by atoms with Crippen LogP contribution in [0.3, 0.4) is 0 Å². The summed E-state index contributed by atoms with van der Waals surface area (Å²) in [5, 5.41) is 11.3. The molecular weight excluding hydrogens is 214 g/mol. The summed E-state index contributed by atoms with van der Waals surface area (Å²) in [6.45, 7) is 4.15. The molecule has 0 spiro atoms. The molecule has 1 aromatic carbocycles. The van der Waals surface area contributed by atoms with E-state index in [2.05, 4.69) is 0 Å². The number of hydrogen-bond acceptors (Lipinski definition) is 2. The van der Waals surface area contributed by atoms with E-state index in [4.69, 9.17) is 4.74 Å². The number of aromatic nitrogens is 1. The molecule has 0 aliphatic rings. The molecule has 0 aliphatic heterocycles. The lowest BCUT2D eigenvalue weighted by Crippen LogP contribution is -2.29. The van der Waals surface area contributed by atoms with Crippen LogP contribution < -0.4 is 9.47 Å². The molecule has 0 atom stereocenters. The van der Waals surface area contributed by atoms with Gasteiger partial charge < -0.3 is 9.94 Å². The Morgan fingerprint density at radius 2 is 1.88 bits per heavy atom. The standard InChI is InChI=1S/C14H15NO2/c1-11-9-15(16)12(2)8-14(11)17-10-13-6-4-3-5-7-13/h3-9H,10H2,1-2H3. The van der Waals surface area contributed by atoms with Gasteiger partial charge in [0.05, 0.1) is 5.56 Å². The summed E-state index contributed by atoms with van der Waals surface area (Å²) >= 11 is 0. The summed E-state index contributed by atoms with van der Waals surface area (Å²) in [4.78, 5) is 0. The van der Waals surface area contributed by atoms with Crippen molar-refractivity contribution in [3.05, 3.63) is 64.6 Å². The quantitative estimate of drug-likeness (QED) is 0.599. The van der Waals surface area contributed by atoms with Gasteiger partial charge in [-0.25, -0.2) is 0 Å². The zero-order valence-corrected chi connectivity index (χ0v) is 10.0. The minimum absolute atomic E-state index is 0.518. The number of nitrogens with zero attached hydrogens (tertiary/aromatic N) is 1. The first-order valence-electron chi connectivity index (χ1n) is 5.54. The normalized spacial score (nSPS) is 10.2. The molecule has 17 heavy (non-hydrogen) atoms. The smallest absolute Gasteiger partial charge is 0.193 e. The summed E-state index contributed by atoms with van der Waals surface area (Å²) in [6.07, 6.45) is 1.54. The lowest BCUT2D eigenvalue weighted by atomic mass is 10.2. The van der Waals surface area contributed by atoms with Gasteiger partial charge in [0.2, 0.25) is 0 Å². The van der Waals surface area contributed by atoms with Crippen molar-refractivity contribution < 1.29 is 9.47 Å². The number of hydrogen-bond donors (Lipinski definition) is 0. The van der Waals surface area contributed by atoms with Crippen molar-refractivity contribution in [3.8, 4) is 5.75 Å². The van der Waals surface area contributed by atoms with Crippen LogP contribution in [0.25, 0.3) is 0 Å². The molecule has 0 bridgehead atoms. The molecule has 3 heteroatoms. The van der Waals surface area contributed by atoms with Crippen molar-refractivity contribution in [1.29, 1.82) is 0 Å². The Kier molecular flexibility index (Phi) is 3.28. The van der Waals surface area contributed by atoms with Crippen LogP contribution in [0.2, 0.25) is 0 Å². The van der Waals surface area contributed by atoms with E-state index in [0.29, 0.717) is 12.3 Å². The van der Waals surface area contributed by atoms with Crippen LogP contribution in [0.4, 0.5) is 0 Å². The first kappa shape index (κ1) is 11.5. The van der Waals surface area contributed by atoms with Crippen LogP contribution in [0.15, 0.2) is 42.6 Å². The molecule has 1 aromatic heterocycles. The van der Waals surface area contributed by atoms with Crippen molar-refractivity contribution >= 4 is 0 Å². The Morgan fingerprint density at radius 3 is 2.59 bits per heavy atom. The Balaban J connectivity index is 2.12. The number of benzene rings is 1. The monoisotopic (exact) mass is 229 g/mol. The molecular formula is C14H15NO2. The molecule has 0 saturated heterocycles. The predicted molar refractivity (Wildman–Crippen MR) is 65.7 cm³/mol. The van der Waals surface area contributed by atoms with Crippen LogP contribution in [-0.4, -0.2) is 0 Å². The summed E-state index contributed by atoms with van der Waals surface area (Å²) in [5.41, 5.74) is 2.60. The SMILES string of the molecule is Cc1c[n+]([O-])c(C)cc1OCc1ccccc1. The zero-order chi connectivity index (χ0) is 12.3. The van der Waals surface area contributed by atoms with Gasteiger partial charge in [0.15, 0.2) is 11.9 Å². The van der Waals surface area contributed by atoms with Crippen LogP contribution in [-0.2, 0) is 6.61 Å². The summed E-state index contributed by atoms with van der Waals surface area (Å²) in [5.74, 6) is 0.762. The van der Waals surface area contributed by atoms with Crippen LogP contribution in [0, 0.1) is 19.1 Å². The van der Waals surface area contributed by atoms with E-state index < -0.39 is 0 Å². The Labute approximate surface area is 101 Å². The van der Waals surface area contributed by atoms with Gasteiger partial charge in [0.25, 0.3) is 0 Å². The third kappa shape index (κ3) is 2.75. The molecule has 88 valence electrons. The minimum Gasteiger partial charge on any atom is -0.618 e. The first-order chi connectivity index (χ1) is 8.16. The summed E-state index contributed by atoms with van der Waals surface area (Å²) < 4.78 is 6.56. The lowest BCUT2D eigenvalue weighted by Gasteiger charge is -2.10. The second-order valence-corrected chi connectivity index (χ2v) is 4.06. The second kappa shape index (κ2) is 4.87. The van der Waals surface area contributed by atoms with Crippen molar-refractivity contribution in [2.24, 2.45) is 0 Å². The lowest BCUT2D eigenvalue weighted by molar-refractivity contribution is -0.612. The van der Waals surface area contributed by atoms with E-state index >= 15 is 0 Å². The Hall–Kier alpha value is -2.03. The van der Waals surface area contributed by atoms with E-state index in [1.807, 2.05) is 37.3 Å². The molecule has 0 fully saturated rings. The van der Waals surface area contributed by atoms with Gasteiger partial charge in [0.1, 0.15) is 12.4 Å². The van der Waals surface area contributed by atoms with Gasteiger partial charge in [-0.1, -0.05) is 30.3 Å². The number of ether oxygens (including phenoxy) is 1. The van der Waals surface area contributed by atoms with E-state index in [1.54, 1.807) is 13.0 Å². The van der Waals surface area contributed by atoms with Gasteiger partial charge in [-0.15, -0.1) is 0 Å². The predicted octanol–water partition coefficient (Wildman–Crippen LogP) is 2.52. The van der Waals surface area contributed by atoms with E-state index in [9.17, 15) is 5.21 Å². The largest absolute Gasteiger partial charge is 0.618 e. The van der Waals surface area contributed by atoms with Gasteiger partial charge in [-0.2, -0.15) is 4.73 Å². The molecule has 2 aromatic rings. The molecule has 3 nitrogen and oxygen atoms in total. The third-order valence-electron chi connectivity index (χ3n) is 2.62. The van der Waals surface area contributed by atoms with Crippen molar-refractivity contribution in [3.63, 3.8) is 0 Å². The molecule has 0 unspecified atom stereocenters. The van der Waals surface area contributed by atoms with E-state index in [1.165, 1.54) is 6.20 Å². The fourth-order valence-electron chi connectivity index (χ4n) is 1.60. The molecule has 1 heterocycles. The number of aryl methyl sites for hydroxylation is 2. The van der Waals surface area contributed by atoms with Crippen LogP contribution >= 0.6 is 0 Å². The summed E-state index contributed by atoms with van der Waals surface area (Å²) in [6, 6.07) is 11.7. The molecule has 0 aliphatic carbocycles. The zero-order valence-electron chi connectivity index (χ0n) is 10.0. The second-order valence-electron chi connectivity index (χ2n) is 4.06. The Bertz CT molecular complexity index is 509. The van der Waals surface area contributed by atoms with Gasteiger partial charge in [0, 0.05) is 13.0 Å². The summed E-state index contributed by atoms with van der Waals surface area (Å²) in [7, 11) is 0. The molecule has 0 amide bonds. The fourth-order valence-corrected chi connectivity index (χ4v) is 1.60. The maximum absolute atomic E-state index is 11.3. The average molecular weight is 229 g/mol. The highest BCUT2D eigenvalue weighted by molar-refractivity contribution is 5.29. The van der Waals surface area contributed by atoms with E-state index in [0.717, 1.165) is 21.6 Å². The Morgan fingerprint density at radius 1 is 1.18 bits per heavy atom. The molecule has 0 N–H and O–H groups in total. The third-order valence-corrected chi connectivity index (χ3v) is 2.62. The fraction of sp³-hybridized carbons (Fsp3) is 0.214. The van der Waals surface area contributed by atoms with Crippen LogP contribution in [0.5, 0.6) is 5.75 Å². The maximum Gasteiger partial charge on any atom is 0.193 e. The molecule has 2 rings (SSSR count). The van der Waals surface area contributed by atoms with E-state index in [-0.39, 0.29) is 0 Å². The molecule has 0 saturated carbocycles. The first-order valence-corrected chi connectivity index (χ1v) is 5.54. The highest BCUT2D eigenvalue weighted by Crippen LogP contribution is 2.17. The van der Waals surface area contributed by atoms with Crippen molar-refractivity contribution in [2.45, 2.75) is 20.5 Å². The van der Waals surface area contributed by atoms with Crippen molar-refractivity contribution in [2.75, 3.05) is 0 Å². The van der Waals surface area contributed by atoms with Crippen molar-refractivity contribution in [1.82, 2.24) is 0 Å². The average Bonchev–Trinajstić information content (AvgIpc) is 2.33. The number of rotatable bonds is 3. The minimum atomic E-state index is 0.518. The van der Waals surface area contributed by atoms with Gasteiger partial charge in [-0.3, -0.25) is 0 Å². The molecule has 0 radical (unpaired) electrons. The highest BCUT2D eigenvalue weighted by atomic mass is 16.5. The highest BCUT2D eigenvalue weighted by Gasteiger charge is 2.07. The van der Waals surface area contributed by atoms with Gasteiger partial charge >= 0.3 is 0 Å². The topological polar surface area (TPSA) is 36.2 Å². The van der Waals surface area contributed by atoms with Crippen LogP contribution in [0.1, 0.15) is 16.8 Å². The van der Waals surface area contributed by atoms with Gasteiger partial charge in [-0.05, 0) is 12.5 Å². The maximum atomic E-state index is 11.3. The number of pyridine rings is 1.